The fourth-order valence-electron chi connectivity index (χ4n) is 2.72. The lowest BCUT2D eigenvalue weighted by molar-refractivity contribution is -0.150. The number of amides is 3. The van der Waals surface area contributed by atoms with Crippen LogP contribution in [0.1, 0.15) is 34.1 Å². The van der Waals surface area contributed by atoms with E-state index >= 15 is 0 Å². The van der Waals surface area contributed by atoms with E-state index in [1.54, 1.807) is 45.8 Å². The van der Waals surface area contributed by atoms with Gasteiger partial charge in [-0.15, -0.1) is 0 Å². The standard InChI is InChI=1S/C21H36N4O5/c1-14(13-26)23(7)19(28)16(3)24(8)20(29)17(4)25(9)21(30)18(22(5)6)12-10-11-15(2)27/h10-11,13-14,16-18H,12H2,1-9H3/b11-10+. The van der Waals surface area contributed by atoms with Gasteiger partial charge in [-0.25, -0.2) is 0 Å². The van der Waals surface area contributed by atoms with Crippen LogP contribution in [0.3, 0.4) is 0 Å². The third-order valence-corrected chi connectivity index (χ3v) is 5.35. The lowest BCUT2D eigenvalue weighted by atomic mass is 10.1. The van der Waals surface area contributed by atoms with Crippen molar-refractivity contribution in [3.8, 4) is 0 Å². The predicted octanol–water partition coefficient (Wildman–Crippen LogP) is 0.192. The molecule has 0 bridgehead atoms. The number of aldehydes is 1. The second-order valence-electron chi connectivity index (χ2n) is 7.80. The molecular weight excluding hydrogens is 388 g/mol. The Morgan fingerprint density at radius 2 is 1.20 bits per heavy atom. The molecule has 0 fully saturated rings. The minimum Gasteiger partial charge on any atom is -0.335 e. The molecule has 0 saturated carbocycles. The number of hydrogen-bond acceptors (Lipinski definition) is 6. The molecule has 9 heteroatoms. The first kappa shape index (κ1) is 27.5. The second-order valence-corrected chi connectivity index (χ2v) is 7.80. The van der Waals surface area contributed by atoms with Gasteiger partial charge in [-0.2, -0.15) is 0 Å². The molecule has 30 heavy (non-hydrogen) atoms. The molecule has 0 N–H and O–H groups in total. The van der Waals surface area contributed by atoms with E-state index in [1.165, 1.54) is 48.8 Å². The van der Waals surface area contributed by atoms with Crippen LogP contribution in [0.25, 0.3) is 0 Å². The highest BCUT2D eigenvalue weighted by molar-refractivity contribution is 5.93. The van der Waals surface area contributed by atoms with Gasteiger partial charge in [0, 0.05) is 21.1 Å². The van der Waals surface area contributed by atoms with Gasteiger partial charge >= 0.3 is 0 Å². The number of ketones is 1. The van der Waals surface area contributed by atoms with E-state index in [0.29, 0.717) is 12.7 Å². The van der Waals surface area contributed by atoms with E-state index < -0.39 is 30.1 Å². The summed E-state index contributed by atoms with van der Waals surface area (Å²) in [6.45, 7) is 6.21. The average molecular weight is 425 g/mol. The van der Waals surface area contributed by atoms with Gasteiger partial charge in [0.15, 0.2) is 5.78 Å². The van der Waals surface area contributed by atoms with Gasteiger partial charge in [-0.3, -0.25) is 24.1 Å². The number of carbonyl (C=O) groups is 5. The molecule has 0 aliphatic rings. The van der Waals surface area contributed by atoms with Gasteiger partial charge in [0.25, 0.3) is 0 Å². The SMILES string of the molecule is CC(=O)/C=C/CC(C(=O)N(C)C(C)C(=O)N(C)C(C)C(=O)N(C)C(C)C=O)N(C)C. The van der Waals surface area contributed by atoms with E-state index in [0.717, 1.165) is 0 Å². The van der Waals surface area contributed by atoms with Gasteiger partial charge in [-0.05, 0) is 54.3 Å². The maximum absolute atomic E-state index is 12.9. The highest BCUT2D eigenvalue weighted by Crippen LogP contribution is 2.12. The van der Waals surface area contributed by atoms with E-state index in [-0.39, 0.29) is 17.6 Å². The van der Waals surface area contributed by atoms with Crippen LogP contribution in [0, 0.1) is 0 Å². The summed E-state index contributed by atoms with van der Waals surface area (Å²) in [6, 6.07) is -2.73. The smallest absolute Gasteiger partial charge is 0.245 e. The molecule has 0 aliphatic carbocycles. The van der Waals surface area contributed by atoms with E-state index in [4.69, 9.17) is 0 Å². The topological polar surface area (TPSA) is 98.3 Å². The Morgan fingerprint density at radius 3 is 1.60 bits per heavy atom. The monoisotopic (exact) mass is 424 g/mol. The zero-order valence-corrected chi connectivity index (χ0v) is 19.6. The molecule has 0 radical (unpaired) electrons. The fraction of sp³-hybridized carbons (Fsp3) is 0.667. The van der Waals surface area contributed by atoms with Crippen molar-refractivity contribution in [3.05, 3.63) is 12.2 Å². The summed E-state index contributed by atoms with van der Waals surface area (Å²) in [4.78, 5) is 66.1. The highest BCUT2D eigenvalue weighted by Gasteiger charge is 2.34. The Hall–Kier alpha value is -2.55. The molecule has 9 nitrogen and oxygen atoms in total. The lowest BCUT2D eigenvalue weighted by Gasteiger charge is -2.35. The van der Waals surface area contributed by atoms with Crippen LogP contribution in [0.5, 0.6) is 0 Å². The van der Waals surface area contributed by atoms with E-state index in [1.807, 2.05) is 0 Å². The summed E-state index contributed by atoms with van der Waals surface area (Å²) in [5.74, 6) is -1.14. The molecule has 0 aromatic carbocycles. The molecule has 0 heterocycles. The van der Waals surface area contributed by atoms with Crippen molar-refractivity contribution in [2.24, 2.45) is 0 Å². The Bertz CT molecular complexity index is 676. The number of allylic oxidation sites excluding steroid dienone is 1. The van der Waals surface area contributed by atoms with Crippen molar-refractivity contribution in [1.82, 2.24) is 19.6 Å². The fourth-order valence-corrected chi connectivity index (χ4v) is 2.72. The van der Waals surface area contributed by atoms with Crippen molar-refractivity contribution >= 4 is 29.8 Å². The summed E-state index contributed by atoms with van der Waals surface area (Å²) in [7, 11) is 8.05. The maximum Gasteiger partial charge on any atom is 0.245 e. The third-order valence-electron chi connectivity index (χ3n) is 5.35. The first-order chi connectivity index (χ1) is 13.8. The lowest BCUT2D eigenvalue weighted by Crippen LogP contribution is -2.56. The van der Waals surface area contributed by atoms with Crippen molar-refractivity contribution in [3.63, 3.8) is 0 Å². The number of rotatable bonds is 11. The highest BCUT2D eigenvalue weighted by atomic mass is 16.2. The van der Waals surface area contributed by atoms with Crippen LogP contribution in [0.2, 0.25) is 0 Å². The van der Waals surface area contributed by atoms with Gasteiger partial charge < -0.3 is 19.5 Å². The summed E-state index contributed by atoms with van der Waals surface area (Å²) < 4.78 is 0. The van der Waals surface area contributed by atoms with E-state index in [9.17, 15) is 24.0 Å². The van der Waals surface area contributed by atoms with Crippen LogP contribution in [0.4, 0.5) is 0 Å². The quantitative estimate of drug-likeness (QED) is 0.347. The molecule has 0 aliphatic heterocycles. The van der Waals surface area contributed by atoms with Gasteiger partial charge in [0.1, 0.15) is 18.4 Å². The molecule has 0 aromatic heterocycles. The Labute approximate surface area is 179 Å². The number of hydrogen-bond donors (Lipinski definition) is 0. The first-order valence-corrected chi connectivity index (χ1v) is 9.86. The van der Waals surface area contributed by atoms with Crippen LogP contribution in [0.15, 0.2) is 12.2 Å². The van der Waals surface area contributed by atoms with Crippen LogP contribution in [-0.2, 0) is 24.0 Å². The predicted molar refractivity (Wildman–Crippen MR) is 115 cm³/mol. The van der Waals surface area contributed by atoms with Crippen molar-refractivity contribution < 1.29 is 24.0 Å². The molecule has 0 saturated heterocycles. The zero-order valence-electron chi connectivity index (χ0n) is 19.6. The molecule has 4 atom stereocenters. The summed E-state index contributed by atoms with van der Waals surface area (Å²) in [5, 5.41) is 0. The minimum absolute atomic E-state index is 0.106. The van der Waals surface area contributed by atoms with Crippen molar-refractivity contribution in [1.29, 1.82) is 0 Å². The molecule has 4 unspecified atom stereocenters. The zero-order chi connectivity index (χ0) is 23.8. The number of carbonyl (C=O) groups excluding carboxylic acids is 5. The Balaban J connectivity index is 5.32. The molecule has 0 rings (SSSR count). The van der Waals surface area contributed by atoms with Crippen LogP contribution < -0.4 is 0 Å². The van der Waals surface area contributed by atoms with Crippen molar-refractivity contribution in [2.75, 3.05) is 35.2 Å². The van der Waals surface area contributed by atoms with Gasteiger partial charge in [-0.1, -0.05) is 6.08 Å². The third kappa shape index (κ3) is 7.37. The van der Waals surface area contributed by atoms with Crippen molar-refractivity contribution in [2.45, 2.75) is 58.3 Å². The Morgan fingerprint density at radius 1 is 0.767 bits per heavy atom. The Kier molecular flexibility index (Phi) is 11.2. The van der Waals surface area contributed by atoms with Gasteiger partial charge in [0.05, 0.1) is 12.1 Å². The summed E-state index contributed by atoms with van der Waals surface area (Å²) in [6.07, 6.45) is 4.04. The molecule has 3 amide bonds. The largest absolute Gasteiger partial charge is 0.335 e. The van der Waals surface area contributed by atoms with Crippen LogP contribution in [-0.4, -0.2) is 109 Å². The van der Waals surface area contributed by atoms with Gasteiger partial charge in [0.2, 0.25) is 17.7 Å². The number of likely N-dealkylation sites (N-methyl/N-ethyl adjacent to an activating group) is 4. The second kappa shape index (κ2) is 12.2. The minimum atomic E-state index is -0.800. The average Bonchev–Trinajstić information content (AvgIpc) is 2.71. The molecule has 0 spiro atoms. The first-order valence-electron chi connectivity index (χ1n) is 9.86. The van der Waals surface area contributed by atoms with Crippen LogP contribution >= 0.6 is 0 Å². The molecule has 170 valence electrons. The molecular formula is C21H36N4O5. The normalized spacial score (nSPS) is 15.3. The number of nitrogens with zero attached hydrogens (tertiary/aromatic N) is 4. The summed E-state index contributed by atoms with van der Waals surface area (Å²) in [5.41, 5.74) is 0. The summed E-state index contributed by atoms with van der Waals surface area (Å²) >= 11 is 0. The maximum atomic E-state index is 12.9. The molecule has 0 aromatic rings. The van der Waals surface area contributed by atoms with E-state index in [2.05, 4.69) is 0 Å².